The molecule has 1 atom stereocenters. The van der Waals surface area contributed by atoms with E-state index in [4.69, 9.17) is 9.84 Å². The maximum absolute atomic E-state index is 11.4. The molecule has 0 bridgehead atoms. The van der Waals surface area contributed by atoms with Crippen LogP contribution in [0.2, 0.25) is 0 Å². The summed E-state index contributed by atoms with van der Waals surface area (Å²) in [5.41, 5.74) is 0. The Morgan fingerprint density at radius 1 is 1.17 bits per heavy atom. The molecule has 2 N–H and O–H groups in total. The summed E-state index contributed by atoms with van der Waals surface area (Å²) in [4.78, 5) is 24.7. The molecule has 1 aromatic carbocycles. The maximum atomic E-state index is 11.4. The van der Waals surface area contributed by atoms with E-state index in [-0.39, 0.29) is 31.1 Å². The molecule has 1 aliphatic rings. The van der Waals surface area contributed by atoms with E-state index in [9.17, 15) is 23.1 Å². The molecule has 0 unspecified atom stereocenters. The van der Waals surface area contributed by atoms with Crippen LogP contribution >= 0.6 is 0 Å². The summed E-state index contributed by atoms with van der Waals surface area (Å²) in [5.74, 6) is 0.375. The Morgan fingerprint density at radius 3 is 2.29 bits per heavy atom. The second-order valence-corrected chi connectivity index (χ2v) is 7.43. The van der Waals surface area contributed by atoms with Crippen LogP contribution in [-0.2, 0) is 9.84 Å². The van der Waals surface area contributed by atoms with Crippen molar-refractivity contribution in [2.75, 3.05) is 32.5 Å². The molecule has 0 spiro atoms. The zero-order valence-corrected chi connectivity index (χ0v) is 13.8. The topological polar surface area (TPSA) is 124 Å². The number of sulfone groups is 1. The average Bonchev–Trinajstić information content (AvgIpc) is 2.52. The Labute approximate surface area is 139 Å². The molecule has 2 amide bonds. The van der Waals surface area contributed by atoms with Crippen molar-refractivity contribution in [2.45, 2.75) is 10.9 Å². The standard InChI is InChI=1S/C14H18N2O7S/c1-24(21,22)12-4-2-11(3-5-12)23-9-10-8-15(13(17)18)6-7-16(10)14(19)20/h2-5,10H,6-9H2,1H3,(H,17,18)(H,19,20)/t10-/m0/s1. The molecule has 0 aliphatic carbocycles. The average molecular weight is 358 g/mol. The second kappa shape index (κ2) is 6.95. The summed E-state index contributed by atoms with van der Waals surface area (Å²) in [5, 5.41) is 18.2. The number of benzene rings is 1. The number of carbonyl (C=O) groups is 2. The van der Waals surface area contributed by atoms with Gasteiger partial charge in [-0.05, 0) is 24.3 Å². The lowest BCUT2D eigenvalue weighted by molar-refractivity contribution is 0.0462. The lowest BCUT2D eigenvalue weighted by Gasteiger charge is -2.38. The van der Waals surface area contributed by atoms with Crippen LogP contribution in [0.15, 0.2) is 29.2 Å². The van der Waals surface area contributed by atoms with E-state index in [0.29, 0.717) is 5.75 Å². The highest BCUT2D eigenvalue weighted by molar-refractivity contribution is 7.90. The molecule has 132 valence electrons. The van der Waals surface area contributed by atoms with Crippen molar-refractivity contribution >= 4 is 22.0 Å². The Balaban J connectivity index is 2.04. The van der Waals surface area contributed by atoms with Gasteiger partial charge in [0.2, 0.25) is 0 Å². The minimum absolute atomic E-state index is 0.0169. The fraction of sp³-hybridized carbons (Fsp3) is 0.429. The van der Waals surface area contributed by atoms with Gasteiger partial charge in [0, 0.05) is 25.9 Å². The van der Waals surface area contributed by atoms with Crippen molar-refractivity contribution in [1.82, 2.24) is 9.80 Å². The molecule has 24 heavy (non-hydrogen) atoms. The van der Waals surface area contributed by atoms with Crippen molar-refractivity contribution in [2.24, 2.45) is 0 Å². The number of piperazine rings is 1. The predicted molar refractivity (Wildman–Crippen MR) is 83.2 cm³/mol. The summed E-state index contributed by atoms with van der Waals surface area (Å²) in [6.07, 6.45) is -1.15. The first-order valence-corrected chi connectivity index (χ1v) is 8.98. The first kappa shape index (κ1) is 17.9. The molecule has 10 heteroatoms. The highest BCUT2D eigenvalue weighted by atomic mass is 32.2. The van der Waals surface area contributed by atoms with Gasteiger partial charge in [-0.15, -0.1) is 0 Å². The molecule has 1 aliphatic heterocycles. The number of carboxylic acid groups (broad SMARTS) is 2. The van der Waals surface area contributed by atoms with Crippen molar-refractivity contribution in [3.8, 4) is 5.75 Å². The van der Waals surface area contributed by atoms with Gasteiger partial charge in [0.15, 0.2) is 9.84 Å². The number of nitrogens with zero attached hydrogens (tertiary/aromatic N) is 2. The number of hydrogen-bond acceptors (Lipinski definition) is 5. The van der Waals surface area contributed by atoms with Crippen molar-refractivity contribution in [3.05, 3.63) is 24.3 Å². The Morgan fingerprint density at radius 2 is 1.79 bits per heavy atom. The predicted octanol–water partition coefficient (Wildman–Crippen LogP) is 0.811. The SMILES string of the molecule is CS(=O)(=O)c1ccc(OC[C@@H]2CN(C(=O)O)CCN2C(=O)O)cc1. The van der Waals surface area contributed by atoms with Gasteiger partial charge in [-0.2, -0.15) is 0 Å². The number of rotatable bonds is 4. The summed E-state index contributed by atoms with van der Waals surface area (Å²) in [7, 11) is -3.31. The van der Waals surface area contributed by atoms with Gasteiger partial charge in [0.25, 0.3) is 0 Å². The maximum Gasteiger partial charge on any atom is 0.407 e. The lowest BCUT2D eigenvalue weighted by atomic mass is 10.2. The van der Waals surface area contributed by atoms with Crippen LogP contribution in [0.1, 0.15) is 0 Å². The van der Waals surface area contributed by atoms with Gasteiger partial charge in [-0.1, -0.05) is 0 Å². The third-order valence-electron chi connectivity index (χ3n) is 3.69. The first-order chi connectivity index (χ1) is 11.2. The zero-order chi connectivity index (χ0) is 17.9. The Kier molecular flexibility index (Phi) is 5.17. The molecule has 1 saturated heterocycles. The normalized spacial score (nSPS) is 18.3. The minimum Gasteiger partial charge on any atom is -0.491 e. The highest BCUT2D eigenvalue weighted by Gasteiger charge is 2.32. The number of ether oxygens (including phenoxy) is 1. The second-order valence-electron chi connectivity index (χ2n) is 5.41. The molecule has 1 heterocycles. The van der Waals surface area contributed by atoms with Gasteiger partial charge < -0.3 is 19.8 Å². The van der Waals surface area contributed by atoms with Crippen LogP contribution in [0, 0.1) is 0 Å². The third-order valence-corrected chi connectivity index (χ3v) is 4.82. The molecular formula is C14H18N2O7S. The zero-order valence-electron chi connectivity index (χ0n) is 13.0. The monoisotopic (exact) mass is 358 g/mol. The number of hydrogen-bond donors (Lipinski definition) is 2. The smallest absolute Gasteiger partial charge is 0.407 e. The molecule has 1 aromatic rings. The van der Waals surface area contributed by atoms with E-state index < -0.39 is 28.1 Å². The van der Waals surface area contributed by atoms with Crippen molar-refractivity contribution in [3.63, 3.8) is 0 Å². The van der Waals surface area contributed by atoms with Gasteiger partial charge in [-0.25, -0.2) is 18.0 Å². The molecule has 0 radical (unpaired) electrons. The largest absolute Gasteiger partial charge is 0.491 e. The lowest BCUT2D eigenvalue weighted by Crippen LogP contribution is -2.58. The van der Waals surface area contributed by atoms with Crippen molar-refractivity contribution < 1.29 is 33.0 Å². The van der Waals surface area contributed by atoms with Gasteiger partial charge in [-0.3, -0.25) is 4.90 Å². The van der Waals surface area contributed by atoms with Crippen LogP contribution < -0.4 is 4.74 Å². The summed E-state index contributed by atoms with van der Waals surface area (Å²) in [6.45, 7) is 0.168. The van der Waals surface area contributed by atoms with E-state index in [2.05, 4.69) is 0 Å². The first-order valence-electron chi connectivity index (χ1n) is 7.09. The fourth-order valence-corrected chi connectivity index (χ4v) is 3.03. The third kappa shape index (κ3) is 4.28. The molecule has 0 saturated carbocycles. The van der Waals surface area contributed by atoms with Crippen molar-refractivity contribution in [1.29, 1.82) is 0 Å². The molecule has 2 rings (SSSR count). The van der Waals surface area contributed by atoms with E-state index in [1.807, 2.05) is 0 Å². The Hall–Kier alpha value is -2.49. The van der Waals surface area contributed by atoms with Crippen LogP contribution in [0.4, 0.5) is 9.59 Å². The van der Waals surface area contributed by atoms with Gasteiger partial charge in [0.1, 0.15) is 12.4 Å². The van der Waals surface area contributed by atoms with Crippen LogP contribution in [0.3, 0.4) is 0 Å². The van der Waals surface area contributed by atoms with Crippen LogP contribution in [0.25, 0.3) is 0 Å². The van der Waals surface area contributed by atoms with E-state index in [1.54, 1.807) is 0 Å². The van der Waals surface area contributed by atoms with Gasteiger partial charge >= 0.3 is 12.2 Å². The van der Waals surface area contributed by atoms with Crippen LogP contribution in [-0.4, -0.2) is 79.2 Å². The molecule has 1 fully saturated rings. The molecule has 9 nitrogen and oxygen atoms in total. The molecule has 0 aromatic heterocycles. The van der Waals surface area contributed by atoms with Gasteiger partial charge in [0.05, 0.1) is 10.9 Å². The Bertz CT molecular complexity index is 717. The highest BCUT2D eigenvalue weighted by Crippen LogP contribution is 2.18. The molecular weight excluding hydrogens is 340 g/mol. The number of amides is 2. The fourth-order valence-electron chi connectivity index (χ4n) is 2.40. The quantitative estimate of drug-likeness (QED) is 0.816. The van der Waals surface area contributed by atoms with E-state index in [0.717, 1.165) is 16.1 Å². The van der Waals surface area contributed by atoms with E-state index in [1.165, 1.54) is 24.3 Å². The summed E-state index contributed by atoms with van der Waals surface area (Å²) < 4.78 is 28.3. The summed E-state index contributed by atoms with van der Waals surface area (Å²) >= 11 is 0. The summed E-state index contributed by atoms with van der Waals surface area (Å²) in [6, 6.07) is 5.09. The minimum atomic E-state index is -3.31. The van der Waals surface area contributed by atoms with E-state index >= 15 is 0 Å². The van der Waals surface area contributed by atoms with Crippen LogP contribution in [0.5, 0.6) is 5.75 Å².